The normalized spacial score (nSPS) is 14.1. The molecular formula is C25H30N6O3S. The van der Waals surface area contributed by atoms with Crippen LogP contribution in [0.25, 0.3) is 0 Å². The monoisotopic (exact) mass is 494 g/mol. The summed E-state index contributed by atoms with van der Waals surface area (Å²) in [6.07, 6.45) is 0.857. The second-order valence-corrected chi connectivity index (χ2v) is 9.33. The van der Waals surface area contributed by atoms with Crippen LogP contribution in [0.4, 0.5) is 5.69 Å². The highest BCUT2D eigenvalue weighted by Gasteiger charge is 2.23. The number of nitrogens with zero attached hydrogens (tertiary/aromatic N) is 4. The number of benzene rings is 2. The number of rotatable bonds is 9. The number of thioether (sulfide) groups is 1. The summed E-state index contributed by atoms with van der Waals surface area (Å²) in [5.74, 6) is 0.154. The Hall–Kier alpha value is -3.37. The standard InChI is InChI=1S/C25H30N6O3S/c1-2-20-10-6-7-11-21(20)26-22(32)17-29-12-14-30(15-13-29)23(33)18-35-25-28-27-24(34)31(25)16-19-8-4-3-5-9-19/h3-11H,2,12-18H2,1H3,(H,26,32)(H,27,34). The molecule has 10 heteroatoms. The molecule has 2 N–H and O–H groups in total. The summed E-state index contributed by atoms with van der Waals surface area (Å²) in [7, 11) is 0. The lowest BCUT2D eigenvalue weighted by atomic mass is 10.1. The predicted molar refractivity (Wildman–Crippen MR) is 137 cm³/mol. The van der Waals surface area contributed by atoms with Gasteiger partial charge < -0.3 is 10.2 Å². The third kappa shape index (κ3) is 6.61. The fourth-order valence-electron chi connectivity index (χ4n) is 4.04. The van der Waals surface area contributed by atoms with Gasteiger partial charge in [0.2, 0.25) is 11.8 Å². The van der Waals surface area contributed by atoms with Gasteiger partial charge in [-0.2, -0.15) is 0 Å². The van der Waals surface area contributed by atoms with Gasteiger partial charge in [-0.05, 0) is 23.6 Å². The Morgan fingerprint density at radius 1 is 1.03 bits per heavy atom. The van der Waals surface area contributed by atoms with Crippen molar-refractivity contribution >= 4 is 29.3 Å². The van der Waals surface area contributed by atoms with E-state index in [-0.39, 0.29) is 23.3 Å². The van der Waals surface area contributed by atoms with E-state index in [1.807, 2.05) is 54.6 Å². The minimum absolute atomic E-state index is 0.00214. The number of aromatic nitrogens is 3. The van der Waals surface area contributed by atoms with E-state index in [0.29, 0.717) is 44.4 Å². The molecule has 0 aliphatic carbocycles. The molecule has 35 heavy (non-hydrogen) atoms. The van der Waals surface area contributed by atoms with E-state index in [4.69, 9.17) is 0 Å². The van der Waals surface area contributed by atoms with Crippen LogP contribution in [-0.2, 0) is 22.6 Å². The molecular weight excluding hydrogens is 464 g/mol. The summed E-state index contributed by atoms with van der Waals surface area (Å²) in [4.78, 5) is 41.3. The zero-order chi connectivity index (χ0) is 24.6. The number of H-pyrrole nitrogens is 1. The van der Waals surface area contributed by atoms with Crippen LogP contribution >= 0.6 is 11.8 Å². The molecule has 9 nitrogen and oxygen atoms in total. The molecule has 1 aliphatic rings. The number of piperazine rings is 1. The topological polar surface area (TPSA) is 103 Å². The van der Waals surface area contributed by atoms with E-state index in [2.05, 4.69) is 27.3 Å². The van der Waals surface area contributed by atoms with Gasteiger partial charge in [-0.15, -0.1) is 5.10 Å². The molecule has 1 aliphatic heterocycles. The van der Waals surface area contributed by atoms with Crippen molar-refractivity contribution in [3.63, 3.8) is 0 Å². The van der Waals surface area contributed by atoms with Crippen LogP contribution in [0.5, 0.6) is 0 Å². The molecule has 1 fully saturated rings. The molecule has 0 spiro atoms. The summed E-state index contributed by atoms with van der Waals surface area (Å²) >= 11 is 1.26. The summed E-state index contributed by atoms with van der Waals surface area (Å²) in [5, 5.41) is 10.1. The van der Waals surface area contributed by atoms with Gasteiger partial charge in [0.05, 0.1) is 18.8 Å². The first-order valence-corrected chi connectivity index (χ1v) is 12.7. The molecule has 0 saturated carbocycles. The van der Waals surface area contributed by atoms with Crippen molar-refractivity contribution in [2.45, 2.75) is 25.0 Å². The number of carbonyl (C=O) groups is 2. The number of nitrogens with one attached hydrogen (secondary N) is 2. The number of hydrogen-bond donors (Lipinski definition) is 2. The first-order valence-electron chi connectivity index (χ1n) is 11.7. The highest BCUT2D eigenvalue weighted by Crippen LogP contribution is 2.17. The van der Waals surface area contributed by atoms with Gasteiger partial charge in [0.15, 0.2) is 5.16 Å². The summed E-state index contributed by atoms with van der Waals surface area (Å²) in [5.41, 5.74) is 2.66. The third-order valence-electron chi connectivity index (χ3n) is 6.00. The Kier molecular flexibility index (Phi) is 8.38. The average molecular weight is 495 g/mol. The number of hydrogen-bond acceptors (Lipinski definition) is 6. The van der Waals surface area contributed by atoms with E-state index in [9.17, 15) is 14.4 Å². The van der Waals surface area contributed by atoms with Gasteiger partial charge in [0.25, 0.3) is 0 Å². The van der Waals surface area contributed by atoms with Crippen LogP contribution in [0.2, 0.25) is 0 Å². The number of amides is 2. The molecule has 4 rings (SSSR count). The van der Waals surface area contributed by atoms with Gasteiger partial charge in [0, 0.05) is 31.9 Å². The largest absolute Gasteiger partial charge is 0.344 e. The highest BCUT2D eigenvalue weighted by molar-refractivity contribution is 7.99. The van der Waals surface area contributed by atoms with Crippen LogP contribution in [0.1, 0.15) is 18.1 Å². The Bertz CT molecular complexity index is 1200. The lowest BCUT2D eigenvalue weighted by Gasteiger charge is -2.34. The quantitative estimate of drug-likeness (QED) is 0.442. The lowest BCUT2D eigenvalue weighted by Crippen LogP contribution is -2.50. The first-order chi connectivity index (χ1) is 17.0. The lowest BCUT2D eigenvalue weighted by molar-refractivity contribution is -0.130. The smallest absolute Gasteiger partial charge is 0.339 e. The first kappa shape index (κ1) is 24.7. The van der Waals surface area contributed by atoms with E-state index < -0.39 is 0 Å². The van der Waals surface area contributed by atoms with Crippen LogP contribution in [0, 0.1) is 0 Å². The Morgan fingerprint density at radius 2 is 1.74 bits per heavy atom. The molecule has 1 saturated heterocycles. The Balaban J connectivity index is 1.23. The third-order valence-corrected chi connectivity index (χ3v) is 6.96. The van der Waals surface area contributed by atoms with Crippen molar-refractivity contribution in [2.24, 2.45) is 0 Å². The van der Waals surface area contributed by atoms with Crippen molar-refractivity contribution in [3.8, 4) is 0 Å². The fraction of sp³-hybridized carbons (Fsp3) is 0.360. The van der Waals surface area contributed by atoms with Crippen molar-refractivity contribution in [1.29, 1.82) is 0 Å². The van der Waals surface area contributed by atoms with Crippen molar-refractivity contribution in [2.75, 3.05) is 43.8 Å². The maximum atomic E-state index is 12.8. The van der Waals surface area contributed by atoms with Crippen molar-refractivity contribution in [3.05, 3.63) is 76.2 Å². The van der Waals surface area contributed by atoms with E-state index in [0.717, 1.165) is 23.2 Å². The zero-order valence-electron chi connectivity index (χ0n) is 19.8. The van der Waals surface area contributed by atoms with Gasteiger partial charge >= 0.3 is 5.69 Å². The molecule has 0 bridgehead atoms. The molecule has 0 radical (unpaired) electrons. The SMILES string of the molecule is CCc1ccccc1NC(=O)CN1CCN(C(=O)CSc2n[nH]c(=O)n2Cc2ccccc2)CC1. The molecule has 2 heterocycles. The number of carbonyl (C=O) groups excluding carboxylic acids is 2. The molecule has 184 valence electrons. The van der Waals surface area contributed by atoms with Crippen LogP contribution in [0.15, 0.2) is 64.5 Å². The number of para-hydroxylation sites is 1. The molecule has 0 unspecified atom stereocenters. The van der Waals surface area contributed by atoms with Gasteiger partial charge in [0.1, 0.15) is 0 Å². The summed E-state index contributed by atoms with van der Waals surface area (Å²) in [6.45, 7) is 5.17. The Morgan fingerprint density at radius 3 is 2.49 bits per heavy atom. The van der Waals surface area contributed by atoms with E-state index in [1.54, 1.807) is 9.47 Å². The molecule has 2 aromatic carbocycles. The average Bonchev–Trinajstić information content (AvgIpc) is 3.22. The summed E-state index contributed by atoms with van der Waals surface area (Å²) in [6, 6.07) is 17.5. The van der Waals surface area contributed by atoms with Crippen LogP contribution < -0.4 is 11.0 Å². The number of anilines is 1. The van der Waals surface area contributed by atoms with Crippen LogP contribution in [-0.4, -0.2) is 74.9 Å². The second-order valence-electron chi connectivity index (χ2n) is 8.39. The second kappa shape index (κ2) is 11.9. The van der Waals surface area contributed by atoms with E-state index >= 15 is 0 Å². The number of aryl methyl sites for hydroxylation is 1. The maximum Gasteiger partial charge on any atom is 0.344 e. The maximum absolute atomic E-state index is 12.8. The van der Waals surface area contributed by atoms with Gasteiger partial charge in [-0.25, -0.2) is 9.89 Å². The van der Waals surface area contributed by atoms with E-state index in [1.165, 1.54) is 11.8 Å². The summed E-state index contributed by atoms with van der Waals surface area (Å²) < 4.78 is 1.54. The predicted octanol–water partition coefficient (Wildman–Crippen LogP) is 2.06. The Labute approximate surface area is 208 Å². The molecule has 3 aromatic rings. The molecule has 0 atom stereocenters. The van der Waals surface area contributed by atoms with Gasteiger partial charge in [-0.1, -0.05) is 67.2 Å². The minimum Gasteiger partial charge on any atom is -0.339 e. The minimum atomic E-state index is -0.294. The number of aromatic amines is 1. The van der Waals surface area contributed by atoms with Crippen molar-refractivity contribution in [1.82, 2.24) is 24.6 Å². The zero-order valence-corrected chi connectivity index (χ0v) is 20.6. The molecule has 1 aromatic heterocycles. The fourth-order valence-corrected chi connectivity index (χ4v) is 4.88. The highest BCUT2D eigenvalue weighted by atomic mass is 32.2. The molecule has 2 amide bonds. The van der Waals surface area contributed by atoms with Crippen molar-refractivity contribution < 1.29 is 9.59 Å². The van der Waals surface area contributed by atoms with Crippen LogP contribution in [0.3, 0.4) is 0 Å². The van der Waals surface area contributed by atoms with Gasteiger partial charge in [-0.3, -0.25) is 19.1 Å².